The summed E-state index contributed by atoms with van der Waals surface area (Å²) in [5.41, 5.74) is 10.7. The smallest absolute Gasteiger partial charge is 0.340 e. The molecule has 0 aromatic heterocycles. The van der Waals surface area contributed by atoms with Crippen molar-refractivity contribution in [2.45, 2.75) is 0 Å². The van der Waals surface area contributed by atoms with Gasteiger partial charge < -0.3 is 16.7 Å². The molecule has 0 heterocycles. The number of nitrogens with zero attached hydrogens (tertiary/aromatic N) is 2. The van der Waals surface area contributed by atoms with E-state index in [1.54, 1.807) is 5.32 Å². The Kier molecular flexibility index (Phi) is 4.42. The Labute approximate surface area is 77.2 Å². The van der Waals surface area contributed by atoms with Gasteiger partial charge in [0.1, 0.15) is 0 Å². The molecule has 0 radical (unpaired) electrons. The minimum Gasteiger partial charge on any atom is -0.409 e. The number of urea groups is 2. The number of carbonyl (C=O) groups is 2. The maximum Gasteiger partial charge on any atom is 0.340 e. The van der Waals surface area contributed by atoms with Gasteiger partial charge in [-0.25, -0.2) is 15.1 Å². The zero-order valence-electron chi connectivity index (χ0n) is 6.76. The van der Waals surface area contributed by atoms with Gasteiger partial charge in [0, 0.05) is 0 Å². The van der Waals surface area contributed by atoms with Crippen LogP contribution in [0.2, 0.25) is 0 Å². The van der Waals surface area contributed by atoms with E-state index < -0.39 is 23.7 Å². The average molecular weight is 204 g/mol. The van der Waals surface area contributed by atoms with Gasteiger partial charge in [-0.05, 0) is 0 Å². The molecule has 0 aliphatic heterocycles. The molecular formula is C4H8N6O4. The number of nitrogens with two attached hydrogens (primary N) is 2. The van der Waals surface area contributed by atoms with E-state index in [1.165, 1.54) is 5.48 Å². The zero-order chi connectivity index (χ0) is 11.1. The average Bonchev–Trinajstić information content (AvgIpc) is 2.03. The third-order valence-corrected chi connectivity index (χ3v) is 0.894. The molecule has 0 aromatic carbocycles. The Morgan fingerprint density at radius 1 is 1.21 bits per heavy atom. The highest BCUT2D eigenvalue weighted by molar-refractivity contribution is 6.43. The number of hydroxylamine groups is 1. The molecule has 0 spiro atoms. The fraction of sp³-hybridized carbons (Fsp3) is 0. The number of primary amides is 2. The summed E-state index contributed by atoms with van der Waals surface area (Å²) in [6, 6.07) is -2.26. The van der Waals surface area contributed by atoms with Crippen molar-refractivity contribution in [3.8, 4) is 0 Å². The number of rotatable bonds is 0. The molecule has 0 atom stereocenters. The maximum absolute atomic E-state index is 10.4. The molecular weight excluding hydrogens is 196 g/mol. The summed E-state index contributed by atoms with van der Waals surface area (Å²) in [4.78, 5) is 23.7. The SMILES string of the molecule is NC(=O)N=C(NC(N)=O)C(=NO)NO. The molecule has 10 nitrogen and oxygen atoms in total. The number of nitrogens with one attached hydrogen (secondary N) is 2. The van der Waals surface area contributed by atoms with Gasteiger partial charge in [-0.2, -0.15) is 4.99 Å². The topological polar surface area (TPSA) is 175 Å². The van der Waals surface area contributed by atoms with Crippen LogP contribution < -0.4 is 22.3 Å². The zero-order valence-corrected chi connectivity index (χ0v) is 6.76. The third kappa shape index (κ3) is 3.87. The van der Waals surface area contributed by atoms with Gasteiger partial charge in [-0.15, -0.1) is 0 Å². The number of amidine groups is 2. The Morgan fingerprint density at radius 2 is 1.79 bits per heavy atom. The summed E-state index contributed by atoms with van der Waals surface area (Å²) in [6.45, 7) is 0. The van der Waals surface area contributed by atoms with Gasteiger partial charge in [0.15, 0.2) is 5.84 Å². The van der Waals surface area contributed by atoms with E-state index in [2.05, 4.69) is 21.6 Å². The second-order valence-electron chi connectivity index (χ2n) is 1.85. The summed E-state index contributed by atoms with van der Waals surface area (Å²) >= 11 is 0. The molecule has 0 saturated heterocycles. The van der Waals surface area contributed by atoms with E-state index in [0.29, 0.717) is 0 Å². The largest absolute Gasteiger partial charge is 0.409 e. The van der Waals surface area contributed by atoms with Gasteiger partial charge >= 0.3 is 12.1 Å². The first-order valence-electron chi connectivity index (χ1n) is 3.08. The second-order valence-corrected chi connectivity index (χ2v) is 1.85. The molecule has 0 saturated carbocycles. The molecule has 0 fully saturated rings. The number of hydrogen-bond acceptors (Lipinski definition) is 5. The van der Waals surface area contributed by atoms with Gasteiger partial charge in [0.05, 0.1) is 0 Å². The molecule has 0 aromatic rings. The molecule has 8 N–H and O–H groups in total. The van der Waals surface area contributed by atoms with Crippen molar-refractivity contribution in [2.24, 2.45) is 21.6 Å². The van der Waals surface area contributed by atoms with Gasteiger partial charge in [-0.1, -0.05) is 5.16 Å². The monoisotopic (exact) mass is 204 g/mol. The normalized spacial score (nSPS) is 12.1. The molecule has 0 unspecified atom stereocenters. The van der Waals surface area contributed by atoms with Crippen molar-refractivity contribution < 1.29 is 20.0 Å². The van der Waals surface area contributed by atoms with Crippen LogP contribution >= 0.6 is 0 Å². The highest BCUT2D eigenvalue weighted by Gasteiger charge is 2.12. The van der Waals surface area contributed by atoms with E-state index in [9.17, 15) is 9.59 Å². The van der Waals surface area contributed by atoms with E-state index in [-0.39, 0.29) is 0 Å². The van der Waals surface area contributed by atoms with Gasteiger partial charge in [-0.3, -0.25) is 10.5 Å². The van der Waals surface area contributed by atoms with Crippen molar-refractivity contribution in [3.63, 3.8) is 0 Å². The number of carbonyl (C=O) groups excluding carboxylic acids is 2. The van der Waals surface area contributed by atoms with Crippen LogP contribution in [0.4, 0.5) is 9.59 Å². The first-order valence-corrected chi connectivity index (χ1v) is 3.08. The molecule has 4 amide bonds. The Hall–Kier alpha value is -2.36. The van der Waals surface area contributed by atoms with Gasteiger partial charge in [0.2, 0.25) is 5.84 Å². The lowest BCUT2D eigenvalue weighted by Gasteiger charge is -2.05. The molecule has 0 aliphatic carbocycles. The summed E-state index contributed by atoms with van der Waals surface area (Å²) < 4.78 is 0. The minimum atomic E-state index is -1.18. The summed E-state index contributed by atoms with van der Waals surface area (Å²) in [5, 5.41) is 20.9. The van der Waals surface area contributed by atoms with Crippen LogP contribution in [0.25, 0.3) is 0 Å². The molecule has 0 rings (SSSR count). The van der Waals surface area contributed by atoms with Crippen LogP contribution in [0.5, 0.6) is 0 Å². The Bertz CT molecular complexity index is 296. The fourth-order valence-corrected chi connectivity index (χ4v) is 0.490. The standard InChI is InChI=1S/C4H8N6O4/c5-3(11)7-1(8-4(6)12)2(9-13)10-14/h13-14H,(H,9,10)(H5,5,6,7,8,11,12). The Morgan fingerprint density at radius 3 is 2.07 bits per heavy atom. The number of hydrogen-bond donors (Lipinski definition) is 6. The number of aliphatic imine (C=N–C) groups is 1. The molecule has 78 valence electrons. The quantitative estimate of drug-likeness (QED) is 0.114. The van der Waals surface area contributed by atoms with E-state index in [1.807, 2.05) is 0 Å². The Balaban J connectivity index is 4.89. The van der Waals surface area contributed by atoms with Crippen molar-refractivity contribution in [1.29, 1.82) is 0 Å². The molecule has 10 heteroatoms. The van der Waals surface area contributed by atoms with Crippen molar-refractivity contribution in [1.82, 2.24) is 10.8 Å². The van der Waals surface area contributed by atoms with E-state index in [0.717, 1.165) is 0 Å². The van der Waals surface area contributed by atoms with Crippen LogP contribution in [0.15, 0.2) is 10.1 Å². The van der Waals surface area contributed by atoms with E-state index in [4.69, 9.17) is 10.4 Å². The number of amides is 4. The highest BCUT2D eigenvalue weighted by Crippen LogP contribution is 1.79. The predicted octanol–water partition coefficient (Wildman–Crippen LogP) is -2.10. The maximum atomic E-state index is 10.4. The lowest BCUT2D eigenvalue weighted by molar-refractivity contribution is 0.225. The van der Waals surface area contributed by atoms with Crippen molar-refractivity contribution in [2.75, 3.05) is 0 Å². The van der Waals surface area contributed by atoms with Crippen LogP contribution in [-0.2, 0) is 0 Å². The van der Waals surface area contributed by atoms with E-state index >= 15 is 0 Å². The van der Waals surface area contributed by atoms with Crippen molar-refractivity contribution >= 4 is 23.7 Å². The predicted molar refractivity (Wildman–Crippen MR) is 43.9 cm³/mol. The lowest BCUT2D eigenvalue weighted by atomic mass is 10.5. The first kappa shape index (κ1) is 11.6. The summed E-state index contributed by atoms with van der Waals surface area (Å²) in [7, 11) is 0. The van der Waals surface area contributed by atoms with Crippen LogP contribution in [-0.4, -0.2) is 34.1 Å². The van der Waals surface area contributed by atoms with Crippen LogP contribution in [0, 0.1) is 0 Å². The fourth-order valence-electron chi connectivity index (χ4n) is 0.490. The van der Waals surface area contributed by atoms with Crippen LogP contribution in [0.3, 0.4) is 0 Å². The summed E-state index contributed by atoms with van der Waals surface area (Å²) in [6.07, 6.45) is 0. The lowest BCUT2D eigenvalue weighted by Crippen LogP contribution is -2.45. The number of oxime groups is 1. The molecule has 0 bridgehead atoms. The second kappa shape index (κ2) is 5.31. The highest BCUT2D eigenvalue weighted by atomic mass is 16.5. The minimum absolute atomic E-state index is 0.616. The summed E-state index contributed by atoms with van der Waals surface area (Å²) in [5.74, 6) is -1.31. The van der Waals surface area contributed by atoms with Gasteiger partial charge in [0.25, 0.3) is 0 Å². The van der Waals surface area contributed by atoms with Crippen molar-refractivity contribution in [3.05, 3.63) is 0 Å². The molecule has 14 heavy (non-hydrogen) atoms. The van der Waals surface area contributed by atoms with Crippen LogP contribution in [0.1, 0.15) is 0 Å². The first-order chi connectivity index (χ1) is 6.51. The third-order valence-electron chi connectivity index (χ3n) is 0.894. The molecule has 0 aliphatic rings.